The third kappa shape index (κ3) is 3.03. The number of anilines is 1. The Morgan fingerprint density at radius 1 is 1.27 bits per heavy atom. The number of hydrogen-bond acceptors (Lipinski definition) is 4. The number of hydrogen-bond donors (Lipinski definition) is 3. The molecule has 1 aliphatic carbocycles. The first-order valence-corrected chi connectivity index (χ1v) is 10.6. The molecule has 4 rings (SSSR count). The Balaban J connectivity index is 1.68. The highest BCUT2D eigenvalue weighted by Gasteiger charge is 2.36. The first-order chi connectivity index (χ1) is 12.2. The molecule has 0 bridgehead atoms. The lowest BCUT2D eigenvalue weighted by atomic mass is 9.72. The minimum Gasteiger partial charge on any atom is -0.508 e. The molecule has 138 valence electrons. The van der Waals surface area contributed by atoms with E-state index >= 15 is 0 Å². The summed E-state index contributed by atoms with van der Waals surface area (Å²) in [6, 6.07) is 5.25. The van der Waals surface area contributed by atoms with E-state index in [-0.39, 0.29) is 17.1 Å². The van der Waals surface area contributed by atoms with Crippen LogP contribution in [0.4, 0.5) is 5.00 Å². The van der Waals surface area contributed by atoms with Gasteiger partial charge in [0.25, 0.3) is 5.91 Å². The number of rotatable bonds is 1. The van der Waals surface area contributed by atoms with Crippen LogP contribution in [0.15, 0.2) is 22.7 Å². The minimum absolute atomic E-state index is 0.0464. The molecule has 0 fully saturated rings. The van der Waals surface area contributed by atoms with Gasteiger partial charge in [-0.3, -0.25) is 4.79 Å². The molecule has 2 aromatic rings. The molecule has 0 radical (unpaired) electrons. The van der Waals surface area contributed by atoms with Crippen molar-refractivity contribution in [3.63, 3.8) is 0 Å². The lowest BCUT2D eigenvalue weighted by Gasteiger charge is -2.34. The number of fused-ring (bicyclic) bond motifs is 3. The van der Waals surface area contributed by atoms with Gasteiger partial charge in [0, 0.05) is 14.9 Å². The van der Waals surface area contributed by atoms with Gasteiger partial charge in [-0.15, -0.1) is 11.3 Å². The van der Waals surface area contributed by atoms with Gasteiger partial charge in [0.2, 0.25) is 0 Å². The van der Waals surface area contributed by atoms with E-state index in [1.807, 2.05) is 6.07 Å². The fourth-order valence-corrected chi connectivity index (χ4v) is 5.68. The van der Waals surface area contributed by atoms with E-state index in [9.17, 15) is 9.90 Å². The molecule has 2 heterocycles. The van der Waals surface area contributed by atoms with Crippen molar-refractivity contribution in [2.24, 2.45) is 11.3 Å². The first kappa shape index (κ1) is 17.9. The zero-order valence-corrected chi connectivity index (χ0v) is 17.6. The van der Waals surface area contributed by atoms with Crippen molar-refractivity contribution in [3.05, 3.63) is 44.2 Å². The molecular weight excluding hydrogens is 412 g/mol. The molecule has 1 aromatic heterocycles. The Hall–Kier alpha value is -1.53. The fraction of sp³-hybridized carbons (Fsp3) is 0.450. The van der Waals surface area contributed by atoms with Crippen LogP contribution in [-0.2, 0) is 12.8 Å². The van der Waals surface area contributed by atoms with Gasteiger partial charge in [0.05, 0.1) is 5.56 Å². The molecule has 2 atom stereocenters. The van der Waals surface area contributed by atoms with Crippen molar-refractivity contribution < 1.29 is 9.90 Å². The second-order valence-corrected chi connectivity index (χ2v) is 10.3. The van der Waals surface area contributed by atoms with Gasteiger partial charge >= 0.3 is 0 Å². The summed E-state index contributed by atoms with van der Waals surface area (Å²) < 4.78 is 0.866. The summed E-state index contributed by atoms with van der Waals surface area (Å²) >= 11 is 5.14. The predicted octanol–water partition coefficient (Wildman–Crippen LogP) is 5.22. The number of aromatic hydroxyl groups is 1. The van der Waals surface area contributed by atoms with Crippen molar-refractivity contribution in [1.29, 1.82) is 0 Å². The third-order valence-corrected chi connectivity index (χ3v) is 7.25. The number of halogens is 1. The lowest BCUT2D eigenvalue weighted by Crippen LogP contribution is -2.38. The summed E-state index contributed by atoms with van der Waals surface area (Å²) in [4.78, 5) is 14.2. The van der Waals surface area contributed by atoms with Crippen LogP contribution in [0.1, 0.15) is 59.7 Å². The Kier molecular flexibility index (Phi) is 4.31. The van der Waals surface area contributed by atoms with Crippen LogP contribution in [0.5, 0.6) is 5.75 Å². The molecule has 6 heteroatoms. The van der Waals surface area contributed by atoms with Crippen LogP contribution in [0.25, 0.3) is 0 Å². The normalized spacial score (nSPS) is 22.2. The molecule has 0 unspecified atom stereocenters. The lowest BCUT2D eigenvalue weighted by molar-refractivity contribution is 0.0934. The number of phenolic OH excluding ortho intramolecular Hbond substituents is 1. The summed E-state index contributed by atoms with van der Waals surface area (Å²) in [5.74, 6) is 0.765. The van der Waals surface area contributed by atoms with E-state index in [1.54, 1.807) is 23.5 Å². The van der Waals surface area contributed by atoms with Gasteiger partial charge in [0.15, 0.2) is 0 Å². The van der Waals surface area contributed by atoms with E-state index in [4.69, 9.17) is 0 Å². The molecule has 1 aromatic carbocycles. The molecule has 0 saturated heterocycles. The van der Waals surface area contributed by atoms with Gasteiger partial charge < -0.3 is 15.7 Å². The largest absolute Gasteiger partial charge is 0.508 e. The zero-order chi connectivity index (χ0) is 18.6. The van der Waals surface area contributed by atoms with Crippen molar-refractivity contribution in [3.8, 4) is 5.75 Å². The van der Waals surface area contributed by atoms with Gasteiger partial charge in [-0.05, 0) is 54.4 Å². The Labute approximate surface area is 166 Å². The number of benzene rings is 1. The molecule has 4 nitrogen and oxygen atoms in total. The average Bonchev–Trinajstić information content (AvgIpc) is 2.94. The van der Waals surface area contributed by atoms with Crippen LogP contribution in [0, 0.1) is 11.3 Å². The monoisotopic (exact) mass is 434 g/mol. The van der Waals surface area contributed by atoms with E-state index in [1.165, 1.54) is 10.4 Å². The van der Waals surface area contributed by atoms with Crippen molar-refractivity contribution >= 4 is 38.2 Å². The molecule has 1 aliphatic heterocycles. The van der Waals surface area contributed by atoms with E-state index in [0.29, 0.717) is 11.5 Å². The molecule has 0 spiro atoms. The van der Waals surface area contributed by atoms with Crippen molar-refractivity contribution in [2.75, 3.05) is 5.32 Å². The van der Waals surface area contributed by atoms with Gasteiger partial charge in [-0.2, -0.15) is 0 Å². The predicted molar refractivity (Wildman–Crippen MR) is 109 cm³/mol. The number of amides is 1. The number of carbonyl (C=O) groups excluding carboxylic acids is 1. The van der Waals surface area contributed by atoms with E-state index < -0.39 is 6.17 Å². The number of nitrogens with one attached hydrogen (secondary N) is 2. The topological polar surface area (TPSA) is 61.4 Å². The maximum absolute atomic E-state index is 12.8. The quantitative estimate of drug-likeness (QED) is 0.576. The summed E-state index contributed by atoms with van der Waals surface area (Å²) in [7, 11) is 0. The Morgan fingerprint density at radius 2 is 2.04 bits per heavy atom. The van der Waals surface area contributed by atoms with Crippen LogP contribution in [0.3, 0.4) is 0 Å². The maximum atomic E-state index is 12.8. The summed E-state index contributed by atoms with van der Waals surface area (Å²) in [5, 5.41) is 17.6. The number of thiophene rings is 1. The summed E-state index contributed by atoms with van der Waals surface area (Å²) in [6.45, 7) is 6.90. The molecule has 1 amide bonds. The van der Waals surface area contributed by atoms with Gasteiger partial charge in [-0.25, -0.2) is 0 Å². The Bertz CT molecular complexity index is 885. The third-order valence-electron chi connectivity index (χ3n) is 5.57. The molecule has 0 saturated carbocycles. The van der Waals surface area contributed by atoms with E-state index in [2.05, 4.69) is 47.3 Å². The second kappa shape index (κ2) is 6.27. The number of carbonyl (C=O) groups is 1. The van der Waals surface area contributed by atoms with Crippen molar-refractivity contribution in [1.82, 2.24) is 5.32 Å². The smallest absolute Gasteiger partial charge is 0.256 e. The molecule has 26 heavy (non-hydrogen) atoms. The highest BCUT2D eigenvalue weighted by atomic mass is 79.9. The minimum atomic E-state index is -0.425. The molecule has 3 N–H and O–H groups in total. The van der Waals surface area contributed by atoms with E-state index in [0.717, 1.165) is 34.3 Å². The van der Waals surface area contributed by atoms with Gasteiger partial charge in [0.1, 0.15) is 16.9 Å². The summed E-state index contributed by atoms with van der Waals surface area (Å²) in [5.41, 5.74) is 2.97. The second-order valence-electron chi connectivity index (χ2n) is 8.27. The Morgan fingerprint density at radius 3 is 2.77 bits per heavy atom. The molecule has 2 aliphatic rings. The SMILES string of the molecule is CC(C)(C)[C@@H]1CCc2c(sc3c2C(=O)N[C@H](c2cc(Br)ccc2O)N3)C1. The van der Waals surface area contributed by atoms with Crippen LogP contribution in [0.2, 0.25) is 0 Å². The maximum Gasteiger partial charge on any atom is 0.256 e. The zero-order valence-electron chi connectivity index (χ0n) is 15.1. The molecular formula is C20H23BrN2O2S. The number of phenols is 1. The van der Waals surface area contributed by atoms with Crippen LogP contribution in [-0.4, -0.2) is 11.0 Å². The summed E-state index contributed by atoms with van der Waals surface area (Å²) in [6.07, 6.45) is 2.71. The van der Waals surface area contributed by atoms with Crippen LogP contribution < -0.4 is 10.6 Å². The highest BCUT2D eigenvalue weighted by molar-refractivity contribution is 9.10. The highest BCUT2D eigenvalue weighted by Crippen LogP contribution is 2.46. The van der Waals surface area contributed by atoms with Crippen LogP contribution >= 0.6 is 27.3 Å². The standard InChI is InChI=1S/C20H23BrN2O2S/c1-20(2,3)10-4-6-12-15(8-10)26-19-16(12)18(25)22-17(23-19)13-9-11(21)5-7-14(13)24/h5,7,9-10,17,23-24H,4,6,8H2,1-3H3,(H,22,25)/t10-,17+/m1/s1. The van der Waals surface area contributed by atoms with Gasteiger partial charge in [-0.1, -0.05) is 36.7 Å². The first-order valence-electron chi connectivity index (χ1n) is 8.94. The average molecular weight is 435 g/mol. The van der Waals surface area contributed by atoms with Crippen molar-refractivity contribution in [2.45, 2.75) is 46.2 Å². The fourth-order valence-electron chi connectivity index (χ4n) is 3.95.